The van der Waals surface area contributed by atoms with E-state index in [1.165, 1.54) is 27.5 Å². The number of para-hydroxylation sites is 2. The van der Waals surface area contributed by atoms with E-state index in [0.717, 1.165) is 38.3 Å². The van der Waals surface area contributed by atoms with E-state index in [4.69, 9.17) is 5.10 Å². The van der Waals surface area contributed by atoms with Crippen molar-refractivity contribution in [3.8, 4) is 0 Å². The van der Waals surface area contributed by atoms with Crippen LogP contribution in [0.1, 0.15) is 12.5 Å². The molecule has 29 heavy (non-hydrogen) atoms. The number of aromatic nitrogens is 1. The van der Waals surface area contributed by atoms with Crippen LogP contribution in [0.3, 0.4) is 0 Å². The standard InChI is InChI=1S/C25H26N4/c1-2-29-24-11-7-6-10-22(24)23-18-20(12-13-25(23)29)19-26-28-16-14-27(15-17-28)21-8-4-3-5-9-21/h3-13,18-19H,2,14-17H2,1H3. The Morgan fingerprint density at radius 2 is 1.52 bits per heavy atom. The smallest absolute Gasteiger partial charge is 0.0543 e. The lowest BCUT2D eigenvalue weighted by molar-refractivity contribution is 0.272. The van der Waals surface area contributed by atoms with E-state index in [1.54, 1.807) is 0 Å². The van der Waals surface area contributed by atoms with Crippen LogP contribution in [0.5, 0.6) is 0 Å². The van der Waals surface area contributed by atoms with Crippen molar-refractivity contribution >= 4 is 33.7 Å². The first kappa shape index (κ1) is 17.8. The second kappa shape index (κ2) is 7.63. The summed E-state index contributed by atoms with van der Waals surface area (Å²) in [4.78, 5) is 2.43. The number of hydrogen-bond acceptors (Lipinski definition) is 3. The van der Waals surface area contributed by atoms with Gasteiger partial charge in [-0.3, -0.25) is 5.01 Å². The molecule has 0 bridgehead atoms. The lowest BCUT2D eigenvalue weighted by atomic mass is 10.1. The van der Waals surface area contributed by atoms with Gasteiger partial charge in [0.05, 0.1) is 19.3 Å². The zero-order chi connectivity index (χ0) is 19.6. The van der Waals surface area contributed by atoms with Gasteiger partial charge in [-0.1, -0.05) is 42.5 Å². The Morgan fingerprint density at radius 1 is 0.793 bits per heavy atom. The van der Waals surface area contributed by atoms with Crippen LogP contribution < -0.4 is 4.90 Å². The molecule has 0 unspecified atom stereocenters. The van der Waals surface area contributed by atoms with Crippen molar-refractivity contribution < 1.29 is 0 Å². The first-order valence-electron chi connectivity index (χ1n) is 10.4. The highest BCUT2D eigenvalue weighted by Gasteiger charge is 2.15. The monoisotopic (exact) mass is 382 g/mol. The van der Waals surface area contributed by atoms with Gasteiger partial charge in [-0.15, -0.1) is 0 Å². The van der Waals surface area contributed by atoms with Crippen molar-refractivity contribution in [3.63, 3.8) is 0 Å². The molecule has 3 aromatic carbocycles. The molecule has 1 aliphatic heterocycles. The van der Waals surface area contributed by atoms with Gasteiger partial charge in [-0.05, 0) is 42.8 Å². The summed E-state index contributed by atoms with van der Waals surface area (Å²) in [5, 5.41) is 9.57. The minimum absolute atomic E-state index is 0.947. The normalized spacial score (nSPS) is 15.1. The topological polar surface area (TPSA) is 23.8 Å². The summed E-state index contributed by atoms with van der Waals surface area (Å²) in [6.07, 6.45) is 2.01. The van der Waals surface area contributed by atoms with Crippen LogP contribution in [0.4, 0.5) is 5.69 Å². The highest BCUT2D eigenvalue weighted by atomic mass is 15.5. The van der Waals surface area contributed by atoms with Crippen molar-refractivity contribution in [3.05, 3.63) is 78.4 Å². The Labute approximate surface area is 171 Å². The van der Waals surface area contributed by atoms with E-state index in [9.17, 15) is 0 Å². The maximum Gasteiger partial charge on any atom is 0.0543 e. The van der Waals surface area contributed by atoms with Crippen LogP contribution in [-0.4, -0.2) is 42.0 Å². The molecule has 1 saturated heterocycles. The number of fused-ring (bicyclic) bond motifs is 3. The fourth-order valence-corrected chi connectivity index (χ4v) is 4.35. The van der Waals surface area contributed by atoms with Gasteiger partial charge in [0, 0.05) is 47.1 Å². The van der Waals surface area contributed by atoms with Gasteiger partial charge >= 0.3 is 0 Å². The van der Waals surface area contributed by atoms with Crippen molar-refractivity contribution in [2.75, 3.05) is 31.1 Å². The highest BCUT2D eigenvalue weighted by Crippen LogP contribution is 2.29. The molecule has 1 aliphatic rings. The van der Waals surface area contributed by atoms with Crippen molar-refractivity contribution in [1.29, 1.82) is 0 Å². The van der Waals surface area contributed by atoms with Crippen LogP contribution in [0, 0.1) is 0 Å². The zero-order valence-electron chi connectivity index (χ0n) is 16.8. The summed E-state index contributed by atoms with van der Waals surface area (Å²) in [5.74, 6) is 0. The summed E-state index contributed by atoms with van der Waals surface area (Å²) in [6.45, 7) is 7.08. The molecule has 5 rings (SSSR count). The minimum Gasteiger partial charge on any atom is -0.368 e. The fourth-order valence-electron chi connectivity index (χ4n) is 4.35. The van der Waals surface area contributed by atoms with E-state index in [1.807, 2.05) is 6.21 Å². The summed E-state index contributed by atoms with van der Waals surface area (Å²) >= 11 is 0. The zero-order valence-corrected chi connectivity index (χ0v) is 16.8. The Hall–Kier alpha value is -3.27. The van der Waals surface area contributed by atoms with Gasteiger partial charge < -0.3 is 9.47 Å². The molecule has 0 radical (unpaired) electrons. The number of benzene rings is 3. The molecular weight excluding hydrogens is 356 g/mol. The van der Waals surface area contributed by atoms with Gasteiger partial charge in [0.2, 0.25) is 0 Å². The van der Waals surface area contributed by atoms with Gasteiger partial charge in [0.1, 0.15) is 0 Å². The summed E-state index contributed by atoms with van der Waals surface area (Å²) in [7, 11) is 0. The molecule has 4 nitrogen and oxygen atoms in total. The van der Waals surface area contributed by atoms with Crippen LogP contribution >= 0.6 is 0 Å². The first-order chi connectivity index (χ1) is 14.3. The number of piperazine rings is 1. The number of aryl methyl sites for hydroxylation is 1. The molecule has 0 aliphatic carbocycles. The second-order valence-corrected chi connectivity index (χ2v) is 7.56. The Balaban J connectivity index is 1.34. The molecule has 146 valence electrons. The average molecular weight is 383 g/mol. The molecular formula is C25H26N4. The van der Waals surface area contributed by atoms with Gasteiger partial charge in [-0.2, -0.15) is 5.10 Å². The van der Waals surface area contributed by atoms with Crippen molar-refractivity contribution in [1.82, 2.24) is 9.58 Å². The SMILES string of the molecule is CCn1c2ccccc2c2cc(C=NN3CCN(c4ccccc4)CC3)ccc21. The fraction of sp³-hybridized carbons (Fsp3) is 0.240. The summed E-state index contributed by atoms with van der Waals surface area (Å²) in [5.41, 5.74) is 5.05. The predicted octanol–water partition coefficient (Wildman–Crippen LogP) is 4.97. The lowest BCUT2D eigenvalue weighted by Gasteiger charge is -2.34. The first-order valence-corrected chi connectivity index (χ1v) is 10.4. The lowest BCUT2D eigenvalue weighted by Crippen LogP contribution is -2.44. The average Bonchev–Trinajstić information content (AvgIpc) is 3.11. The van der Waals surface area contributed by atoms with Gasteiger partial charge in [-0.25, -0.2) is 0 Å². The third-order valence-electron chi connectivity index (χ3n) is 5.86. The number of hydrogen-bond donors (Lipinski definition) is 0. The van der Waals surface area contributed by atoms with Crippen LogP contribution in [0.15, 0.2) is 77.9 Å². The number of nitrogens with zero attached hydrogens (tertiary/aromatic N) is 4. The maximum absolute atomic E-state index is 4.77. The number of rotatable bonds is 4. The molecule has 0 spiro atoms. The Bertz CT molecular complexity index is 1150. The minimum atomic E-state index is 0.947. The Kier molecular flexibility index (Phi) is 4.68. The molecule has 1 fully saturated rings. The van der Waals surface area contributed by atoms with Crippen LogP contribution in [0.2, 0.25) is 0 Å². The van der Waals surface area contributed by atoms with Crippen LogP contribution in [0.25, 0.3) is 21.8 Å². The summed E-state index contributed by atoms with van der Waals surface area (Å²) in [6, 6.07) is 26.0. The molecule has 0 N–H and O–H groups in total. The summed E-state index contributed by atoms with van der Waals surface area (Å²) < 4.78 is 2.38. The number of hydrazone groups is 1. The Morgan fingerprint density at radius 3 is 2.31 bits per heavy atom. The number of anilines is 1. The van der Waals surface area contributed by atoms with E-state index in [0.29, 0.717) is 0 Å². The molecule has 0 atom stereocenters. The second-order valence-electron chi connectivity index (χ2n) is 7.56. The molecule has 0 amide bonds. The third kappa shape index (κ3) is 3.35. The molecule has 4 heteroatoms. The van der Waals surface area contributed by atoms with E-state index in [-0.39, 0.29) is 0 Å². The van der Waals surface area contributed by atoms with E-state index >= 15 is 0 Å². The molecule has 2 heterocycles. The van der Waals surface area contributed by atoms with Crippen molar-refractivity contribution in [2.24, 2.45) is 5.10 Å². The largest absolute Gasteiger partial charge is 0.368 e. The van der Waals surface area contributed by atoms with E-state index in [2.05, 4.69) is 94.2 Å². The highest BCUT2D eigenvalue weighted by molar-refractivity contribution is 6.09. The van der Waals surface area contributed by atoms with E-state index < -0.39 is 0 Å². The van der Waals surface area contributed by atoms with Crippen LogP contribution in [-0.2, 0) is 6.54 Å². The van der Waals surface area contributed by atoms with Crippen molar-refractivity contribution in [2.45, 2.75) is 13.5 Å². The maximum atomic E-state index is 4.77. The molecule has 4 aromatic rings. The third-order valence-corrected chi connectivity index (χ3v) is 5.86. The molecule has 1 aromatic heterocycles. The van der Waals surface area contributed by atoms with Gasteiger partial charge in [0.25, 0.3) is 0 Å². The predicted molar refractivity (Wildman–Crippen MR) is 123 cm³/mol. The van der Waals surface area contributed by atoms with Gasteiger partial charge in [0.15, 0.2) is 0 Å². The molecule has 0 saturated carbocycles. The quantitative estimate of drug-likeness (QED) is 0.465.